The van der Waals surface area contributed by atoms with Crippen LogP contribution >= 0.6 is 23.1 Å². The van der Waals surface area contributed by atoms with Crippen LogP contribution in [0.3, 0.4) is 0 Å². The normalized spacial score (nSPS) is 15.3. The SMILES string of the molecule is COc1cc(OC)cc(-c2nnc(SCC(=O)Nc3sc4c(c3C#N)CC[C@H](C(C)(C)C)C4)o2)c1. The molecule has 0 aliphatic heterocycles. The predicted molar refractivity (Wildman–Crippen MR) is 136 cm³/mol. The Bertz CT molecular complexity index is 1250. The van der Waals surface area contributed by atoms with E-state index in [4.69, 9.17) is 13.9 Å². The second-order valence-electron chi connectivity index (χ2n) is 9.44. The first-order valence-corrected chi connectivity index (χ1v) is 13.1. The Morgan fingerprint density at radius 3 is 2.60 bits per heavy atom. The van der Waals surface area contributed by atoms with E-state index in [-0.39, 0.29) is 22.3 Å². The number of thioether (sulfide) groups is 1. The first kappa shape index (κ1) is 25.1. The van der Waals surface area contributed by atoms with E-state index < -0.39 is 0 Å². The maximum Gasteiger partial charge on any atom is 0.277 e. The summed E-state index contributed by atoms with van der Waals surface area (Å²) < 4.78 is 16.3. The van der Waals surface area contributed by atoms with Gasteiger partial charge >= 0.3 is 0 Å². The van der Waals surface area contributed by atoms with E-state index in [9.17, 15) is 10.1 Å². The number of nitrogens with zero attached hydrogens (tertiary/aromatic N) is 3. The molecule has 2 aromatic heterocycles. The van der Waals surface area contributed by atoms with Crippen LogP contribution in [0.4, 0.5) is 5.00 Å². The van der Waals surface area contributed by atoms with E-state index in [0.717, 1.165) is 36.6 Å². The average Bonchev–Trinajstić information content (AvgIpc) is 3.45. The summed E-state index contributed by atoms with van der Waals surface area (Å²) in [4.78, 5) is 13.9. The molecule has 1 aliphatic carbocycles. The molecule has 2 heterocycles. The van der Waals surface area contributed by atoms with Crippen molar-refractivity contribution in [1.82, 2.24) is 10.2 Å². The summed E-state index contributed by atoms with van der Waals surface area (Å²) in [6, 6.07) is 7.59. The van der Waals surface area contributed by atoms with Crippen LogP contribution in [-0.4, -0.2) is 36.1 Å². The Morgan fingerprint density at radius 1 is 1.26 bits per heavy atom. The van der Waals surface area contributed by atoms with Gasteiger partial charge in [-0.2, -0.15) is 5.26 Å². The van der Waals surface area contributed by atoms with Crippen molar-refractivity contribution in [2.75, 3.05) is 25.3 Å². The molecule has 1 N–H and O–H groups in total. The fourth-order valence-electron chi connectivity index (χ4n) is 4.14. The summed E-state index contributed by atoms with van der Waals surface area (Å²) >= 11 is 2.67. The molecule has 10 heteroatoms. The number of thiophene rings is 1. The highest BCUT2D eigenvalue weighted by Gasteiger charge is 2.32. The Balaban J connectivity index is 1.41. The van der Waals surface area contributed by atoms with Crippen molar-refractivity contribution in [2.45, 2.75) is 45.3 Å². The standard InChI is InChI=1S/C25H28N4O4S2/c1-25(2,3)15-6-7-18-19(12-26)23(35-20(18)10-15)27-21(30)13-34-24-29-28-22(33-24)14-8-16(31-4)11-17(9-14)32-5/h8-9,11,15H,6-7,10,13H2,1-5H3,(H,27,30)/t15-/m0/s1. The van der Waals surface area contributed by atoms with Crippen LogP contribution in [0.15, 0.2) is 27.8 Å². The smallest absolute Gasteiger partial charge is 0.277 e. The second kappa shape index (κ2) is 10.3. The molecule has 1 atom stereocenters. The Morgan fingerprint density at radius 2 is 1.97 bits per heavy atom. The maximum atomic E-state index is 12.7. The van der Waals surface area contributed by atoms with Gasteiger partial charge in [0, 0.05) is 16.5 Å². The first-order valence-electron chi connectivity index (χ1n) is 11.3. The fourth-order valence-corrected chi connectivity index (χ4v) is 5.99. The predicted octanol–water partition coefficient (Wildman–Crippen LogP) is 5.57. The number of benzene rings is 1. The molecule has 1 aromatic carbocycles. The third-order valence-corrected chi connectivity index (χ3v) is 8.17. The van der Waals surface area contributed by atoms with Crippen molar-refractivity contribution < 1.29 is 18.7 Å². The monoisotopic (exact) mass is 512 g/mol. The van der Waals surface area contributed by atoms with E-state index in [1.165, 1.54) is 16.2 Å². The van der Waals surface area contributed by atoms with Gasteiger partial charge in [0.05, 0.1) is 25.5 Å². The second-order valence-corrected chi connectivity index (χ2v) is 11.5. The summed E-state index contributed by atoms with van der Waals surface area (Å²) in [7, 11) is 3.13. The van der Waals surface area contributed by atoms with Crippen LogP contribution < -0.4 is 14.8 Å². The molecule has 0 bridgehead atoms. The molecular weight excluding hydrogens is 484 g/mol. The zero-order valence-corrected chi connectivity index (χ0v) is 22.1. The molecule has 3 aromatic rings. The lowest BCUT2D eigenvalue weighted by molar-refractivity contribution is -0.113. The molecule has 0 fully saturated rings. The number of amides is 1. The quantitative estimate of drug-likeness (QED) is 0.409. The lowest BCUT2D eigenvalue weighted by Crippen LogP contribution is -2.26. The highest BCUT2D eigenvalue weighted by atomic mass is 32.2. The summed E-state index contributed by atoms with van der Waals surface area (Å²) in [5, 5.41) is 21.7. The number of rotatable bonds is 7. The van der Waals surface area contributed by atoms with E-state index in [0.29, 0.717) is 39.4 Å². The maximum absolute atomic E-state index is 12.7. The molecule has 184 valence electrons. The van der Waals surface area contributed by atoms with E-state index in [2.05, 4.69) is 42.4 Å². The minimum Gasteiger partial charge on any atom is -0.497 e. The topological polar surface area (TPSA) is 110 Å². The number of nitriles is 1. The van der Waals surface area contributed by atoms with Crippen LogP contribution in [0.1, 0.15) is 43.2 Å². The van der Waals surface area contributed by atoms with Crippen LogP contribution in [0.5, 0.6) is 11.5 Å². The third kappa shape index (κ3) is 5.63. The minimum atomic E-state index is -0.222. The number of carbonyl (C=O) groups is 1. The number of ether oxygens (including phenoxy) is 2. The van der Waals surface area contributed by atoms with Gasteiger partial charge in [-0.15, -0.1) is 21.5 Å². The lowest BCUT2D eigenvalue weighted by Gasteiger charge is -2.33. The van der Waals surface area contributed by atoms with E-state index in [1.54, 1.807) is 32.4 Å². The number of aromatic nitrogens is 2. The molecule has 0 saturated carbocycles. The van der Waals surface area contributed by atoms with Crippen molar-refractivity contribution in [1.29, 1.82) is 5.26 Å². The minimum absolute atomic E-state index is 0.0844. The van der Waals surface area contributed by atoms with Crippen molar-refractivity contribution in [3.05, 3.63) is 34.2 Å². The van der Waals surface area contributed by atoms with Gasteiger partial charge in [-0.1, -0.05) is 32.5 Å². The van der Waals surface area contributed by atoms with Crippen molar-refractivity contribution >= 4 is 34.0 Å². The van der Waals surface area contributed by atoms with Gasteiger partial charge in [-0.25, -0.2) is 0 Å². The Hall–Kier alpha value is -3.03. The zero-order valence-electron chi connectivity index (χ0n) is 20.4. The molecule has 0 radical (unpaired) electrons. The van der Waals surface area contributed by atoms with Gasteiger partial charge in [-0.05, 0) is 48.3 Å². The molecule has 0 saturated heterocycles. The number of fused-ring (bicyclic) bond motifs is 1. The van der Waals surface area contributed by atoms with Gasteiger partial charge in [0.15, 0.2) is 0 Å². The lowest BCUT2D eigenvalue weighted by atomic mass is 9.72. The van der Waals surface area contributed by atoms with Gasteiger partial charge in [0.1, 0.15) is 22.6 Å². The number of hydrogen-bond donors (Lipinski definition) is 1. The van der Waals surface area contributed by atoms with Crippen molar-refractivity contribution in [3.8, 4) is 29.0 Å². The molecule has 35 heavy (non-hydrogen) atoms. The van der Waals surface area contributed by atoms with Crippen molar-refractivity contribution in [3.63, 3.8) is 0 Å². The summed E-state index contributed by atoms with van der Waals surface area (Å²) in [6.07, 6.45) is 2.88. The largest absolute Gasteiger partial charge is 0.497 e. The fraction of sp³-hybridized carbons (Fsp3) is 0.440. The molecule has 0 unspecified atom stereocenters. The molecule has 1 amide bonds. The van der Waals surface area contributed by atoms with Crippen molar-refractivity contribution in [2.24, 2.45) is 11.3 Å². The number of methoxy groups -OCH3 is 2. The number of carbonyl (C=O) groups excluding carboxylic acids is 1. The van der Waals surface area contributed by atoms with Gasteiger partial charge in [0.25, 0.3) is 5.22 Å². The van der Waals surface area contributed by atoms with Crippen LogP contribution in [0.2, 0.25) is 0 Å². The third-order valence-electron chi connectivity index (χ3n) is 6.19. The Labute approximate surface area is 213 Å². The van der Waals surface area contributed by atoms with Crippen LogP contribution in [-0.2, 0) is 17.6 Å². The van der Waals surface area contributed by atoms with E-state index >= 15 is 0 Å². The summed E-state index contributed by atoms with van der Waals surface area (Å²) in [5.41, 5.74) is 2.56. The highest BCUT2D eigenvalue weighted by Crippen LogP contribution is 2.44. The molecule has 1 aliphatic rings. The highest BCUT2D eigenvalue weighted by molar-refractivity contribution is 7.99. The average molecular weight is 513 g/mol. The van der Waals surface area contributed by atoms with Crippen LogP contribution in [0, 0.1) is 22.7 Å². The number of nitrogens with one attached hydrogen (secondary N) is 1. The van der Waals surface area contributed by atoms with Gasteiger partial charge in [-0.3, -0.25) is 4.79 Å². The number of hydrogen-bond acceptors (Lipinski definition) is 9. The van der Waals surface area contributed by atoms with Gasteiger partial charge < -0.3 is 19.2 Å². The zero-order chi connectivity index (χ0) is 25.2. The first-order chi connectivity index (χ1) is 16.7. The summed E-state index contributed by atoms with van der Waals surface area (Å²) in [6.45, 7) is 6.78. The van der Waals surface area contributed by atoms with Crippen LogP contribution in [0.25, 0.3) is 11.5 Å². The molecule has 0 spiro atoms. The molecule has 4 rings (SSSR count). The molecular formula is C25H28N4O4S2. The van der Waals surface area contributed by atoms with Gasteiger partial charge in [0.2, 0.25) is 11.8 Å². The summed E-state index contributed by atoms with van der Waals surface area (Å²) in [5.74, 6) is 1.94. The Kier molecular flexibility index (Phi) is 7.38. The van der Waals surface area contributed by atoms with E-state index in [1.807, 2.05) is 0 Å². The molecule has 8 nitrogen and oxygen atoms in total. The number of anilines is 1.